The van der Waals surface area contributed by atoms with E-state index < -0.39 is 6.29 Å². The molecule has 3 aromatic rings. The van der Waals surface area contributed by atoms with E-state index in [2.05, 4.69) is 20.3 Å². The van der Waals surface area contributed by atoms with Crippen molar-refractivity contribution in [2.45, 2.75) is 51.7 Å². The van der Waals surface area contributed by atoms with Crippen molar-refractivity contribution >= 4 is 34.4 Å². The number of aliphatic hydroxyl groups excluding tert-OH is 1. The topological polar surface area (TPSA) is 113 Å². The van der Waals surface area contributed by atoms with Gasteiger partial charge in [0.05, 0.1) is 5.02 Å². The van der Waals surface area contributed by atoms with Crippen LogP contribution in [0.1, 0.15) is 55.1 Å². The van der Waals surface area contributed by atoms with Crippen molar-refractivity contribution in [2.24, 2.45) is 13.0 Å². The van der Waals surface area contributed by atoms with Crippen molar-refractivity contribution in [3.63, 3.8) is 0 Å². The third-order valence-corrected chi connectivity index (χ3v) is 5.69. The minimum atomic E-state index is -1.42. The highest BCUT2D eigenvalue weighted by Crippen LogP contribution is 2.30. The molecule has 0 aliphatic rings. The third-order valence-electron chi connectivity index (χ3n) is 5.48. The van der Waals surface area contributed by atoms with Gasteiger partial charge in [-0.3, -0.25) is 4.79 Å². The Balaban J connectivity index is 1.68. The zero-order valence-electron chi connectivity index (χ0n) is 18.5. The van der Waals surface area contributed by atoms with Gasteiger partial charge >= 0.3 is 0 Å². The standard InChI is InChI=1S/C23H30ClN5O3/c1-15(12-20(31)32)11-19(30)21-17-13-16(24)14-28-22(17)29(2)18(21)7-4-3-5-8-25-23-26-9-6-10-27-23/h6,9-10,13-15,20,31-32H,3-5,7-8,11-12H2,1-2H3,(H,25,26,27)/t15-/m0/s1. The number of aryl methyl sites for hydroxylation is 1. The SMILES string of the molecule is C[C@@H](CC(=O)c1c(CCCCCNc2ncccn2)n(C)c2ncc(Cl)cc12)CC(O)O. The summed E-state index contributed by atoms with van der Waals surface area (Å²) in [5.41, 5.74) is 2.31. The zero-order valence-corrected chi connectivity index (χ0v) is 19.2. The van der Waals surface area contributed by atoms with Crippen LogP contribution in [0.15, 0.2) is 30.7 Å². The first-order valence-electron chi connectivity index (χ1n) is 10.9. The maximum atomic E-state index is 13.2. The highest BCUT2D eigenvalue weighted by molar-refractivity contribution is 6.31. The predicted octanol–water partition coefficient (Wildman–Crippen LogP) is 3.75. The van der Waals surface area contributed by atoms with Crippen molar-refractivity contribution in [3.05, 3.63) is 47.0 Å². The molecule has 1 atom stereocenters. The second-order valence-corrected chi connectivity index (χ2v) is 8.60. The van der Waals surface area contributed by atoms with Crippen LogP contribution < -0.4 is 5.32 Å². The molecule has 3 aromatic heterocycles. The first-order valence-corrected chi connectivity index (χ1v) is 11.3. The molecule has 0 saturated heterocycles. The summed E-state index contributed by atoms with van der Waals surface area (Å²) in [5.74, 6) is 0.453. The fraction of sp³-hybridized carbons (Fsp3) is 0.478. The second kappa shape index (κ2) is 11.4. The van der Waals surface area contributed by atoms with E-state index in [1.165, 1.54) is 0 Å². The Kier molecular flexibility index (Phi) is 8.55. The van der Waals surface area contributed by atoms with Gasteiger partial charge in [-0.25, -0.2) is 15.0 Å². The number of fused-ring (bicyclic) bond motifs is 1. The van der Waals surface area contributed by atoms with Crippen molar-refractivity contribution < 1.29 is 15.0 Å². The Morgan fingerprint density at radius 3 is 2.66 bits per heavy atom. The molecule has 9 heteroatoms. The Labute approximate surface area is 192 Å². The third kappa shape index (κ3) is 6.25. The maximum absolute atomic E-state index is 13.2. The van der Waals surface area contributed by atoms with Crippen molar-refractivity contribution in [1.82, 2.24) is 19.5 Å². The second-order valence-electron chi connectivity index (χ2n) is 8.16. The molecule has 0 radical (unpaired) electrons. The molecule has 32 heavy (non-hydrogen) atoms. The number of hydrogen-bond donors (Lipinski definition) is 3. The van der Waals surface area contributed by atoms with Crippen molar-refractivity contribution in [2.75, 3.05) is 11.9 Å². The van der Waals surface area contributed by atoms with Crippen LogP contribution in [0.5, 0.6) is 0 Å². The fourth-order valence-electron chi connectivity index (χ4n) is 3.98. The van der Waals surface area contributed by atoms with Crippen molar-refractivity contribution in [3.8, 4) is 0 Å². The molecule has 0 fully saturated rings. The summed E-state index contributed by atoms with van der Waals surface area (Å²) in [6, 6.07) is 3.57. The van der Waals surface area contributed by atoms with Gasteiger partial charge in [-0.1, -0.05) is 24.9 Å². The Morgan fingerprint density at radius 2 is 1.94 bits per heavy atom. The normalized spacial score (nSPS) is 12.4. The molecule has 3 N–H and O–H groups in total. The van der Waals surface area contributed by atoms with Crippen LogP contribution >= 0.6 is 11.6 Å². The lowest BCUT2D eigenvalue weighted by Gasteiger charge is -2.13. The molecule has 3 heterocycles. The number of hydrogen-bond acceptors (Lipinski definition) is 7. The molecule has 0 spiro atoms. The summed E-state index contributed by atoms with van der Waals surface area (Å²) in [6.07, 6.45) is 7.56. The molecule has 8 nitrogen and oxygen atoms in total. The molecule has 172 valence electrons. The summed E-state index contributed by atoms with van der Waals surface area (Å²) in [7, 11) is 1.92. The fourth-order valence-corrected chi connectivity index (χ4v) is 4.14. The van der Waals surface area contributed by atoms with Gasteiger partial charge in [0, 0.05) is 61.7 Å². The lowest BCUT2D eigenvalue weighted by atomic mass is 9.94. The Hall–Kier alpha value is -2.55. The summed E-state index contributed by atoms with van der Waals surface area (Å²) in [5, 5.41) is 22.9. The minimum Gasteiger partial charge on any atom is -0.368 e. The maximum Gasteiger partial charge on any atom is 0.222 e. The number of nitrogens with zero attached hydrogens (tertiary/aromatic N) is 4. The molecule has 0 aromatic carbocycles. The molecule has 0 amide bonds. The van der Waals surface area contributed by atoms with Gasteiger partial charge in [0.1, 0.15) is 5.65 Å². The number of nitrogens with one attached hydrogen (secondary N) is 1. The van der Waals surface area contributed by atoms with Gasteiger partial charge < -0.3 is 20.1 Å². The van der Waals surface area contributed by atoms with Crippen LogP contribution in [0.25, 0.3) is 11.0 Å². The lowest BCUT2D eigenvalue weighted by Crippen LogP contribution is -2.15. The van der Waals surface area contributed by atoms with E-state index in [1.807, 2.05) is 18.5 Å². The summed E-state index contributed by atoms with van der Waals surface area (Å²) in [6.45, 7) is 2.62. The van der Waals surface area contributed by atoms with E-state index in [0.717, 1.165) is 49.0 Å². The lowest BCUT2D eigenvalue weighted by molar-refractivity contribution is -0.0543. The van der Waals surface area contributed by atoms with Crippen LogP contribution in [-0.4, -0.2) is 48.4 Å². The van der Waals surface area contributed by atoms with Gasteiger partial charge in [-0.2, -0.15) is 0 Å². The number of carbonyl (C=O) groups excluding carboxylic acids is 1. The van der Waals surface area contributed by atoms with Crippen LogP contribution in [0.2, 0.25) is 5.02 Å². The van der Waals surface area contributed by atoms with Crippen LogP contribution in [0.4, 0.5) is 5.95 Å². The number of halogens is 1. The minimum absolute atomic E-state index is 0.0225. The molecule has 0 unspecified atom stereocenters. The molecular formula is C23H30ClN5O3. The van der Waals surface area contributed by atoms with Crippen molar-refractivity contribution in [1.29, 1.82) is 0 Å². The first-order chi connectivity index (χ1) is 15.4. The first kappa shape index (κ1) is 24.1. The van der Waals surface area contributed by atoms with E-state index in [0.29, 0.717) is 16.5 Å². The van der Waals surface area contributed by atoms with Gasteiger partial charge in [-0.15, -0.1) is 0 Å². The molecule has 3 rings (SSSR count). The van der Waals surface area contributed by atoms with Gasteiger partial charge in [0.2, 0.25) is 5.95 Å². The average molecular weight is 460 g/mol. The highest BCUT2D eigenvalue weighted by Gasteiger charge is 2.23. The zero-order chi connectivity index (χ0) is 23.1. The van der Waals surface area contributed by atoms with E-state index in [1.54, 1.807) is 30.7 Å². The number of rotatable bonds is 12. The summed E-state index contributed by atoms with van der Waals surface area (Å²) < 4.78 is 1.97. The Morgan fingerprint density at radius 1 is 1.19 bits per heavy atom. The molecule has 0 aliphatic carbocycles. The van der Waals surface area contributed by atoms with Gasteiger partial charge in [0.25, 0.3) is 0 Å². The monoisotopic (exact) mass is 459 g/mol. The molecular weight excluding hydrogens is 430 g/mol. The largest absolute Gasteiger partial charge is 0.368 e. The molecule has 0 bridgehead atoms. The van der Waals surface area contributed by atoms with Crippen LogP contribution in [0, 0.1) is 5.92 Å². The number of anilines is 1. The molecule has 0 aliphatic heterocycles. The summed E-state index contributed by atoms with van der Waals surface area (Å²) >= 11 is 6.18. The number of aliphatic hydroxyl groups is 2. The number of carbonyl (C=O) groups is 1. The number of aromatic nitrogens is 4. The van der Waals surface area contributed by atoms with Crippen LogP contribution in [-0.2, 0) is 13.5 Å². The number of Topliss-reactive ketones (excluding diaryl/α,β-unsaturated/α-hetero) is 1. The number of pyridine rings is 1. The predicted molar refractivity (Wildman–Crippen MR) is 125 cm³/mol. The smallest absolute Gasteiger partial charge is 0.222 e. The van der Waals surface area contributed by atoms with Crippen LogP contribution in [0.3, 0.4) is 0 Å². The summed E-state index contributed by atoms with van der Waals surface area (Å²) in [4.78, 5) is 25.9. The molecule has 0 saturated carbocycles. The number of unbranched alkanes of at least 4 members (excludes halogenated alkanes) is 2. The highest BCUT2D eigenvalue weighted by atomic mass is 35.5. The van der Waals surface area contributed by atoms with E-state index >= 15 is 0 Å². The van der Waals surface area contributed by atoms with E-state index in [4.69, 9.17) is 11.6 Å². The quantitative estimate of drug-likeness (QED) is 0.215. The average Bonchev–Trinajstić information content (AvgIpc) is 3.01. The number of ketones is 1. The van der Waals surface area contributed by atoms with Gasteiger partial charge in [0.15, 0.2) is 12.1 Å². The Bertz CT molecular complexity index is 1040. The van der Waals surface area contributed by atoms with Gasteiger partial charge in [-0.05, 0) is 37.3 Å². The van der Waals surface area contributed by atoms with E-state index in [9.17, 15) is 15.0 Å². The van der Waals surface area contributed by atoms with E-state index in [-0.39, 0.29) is 24.5 Å².